The molecule has 0 unspecified atom stereocenters. The summed E-state index contributed by atoms with van der Waals surface area (Å²) in [5.41, 5.74) is 0.373. The molecule has 114 valence electrons. The largest absolute Gasteiger partial charge is 0.347 e. The molecule has 0 spiro atoms. The van der Waals surface area contributed by atoms with Crippen LogP contribution in [0.15, 0.2) is 18.2 Å². The first-order chi connectivity index (χ1) is 10.1. The van der Waals surface area contributed by atoms with Crippen molar-refractivity contribution in [3.05, 3.63) is 28.2 Å². The Kier molecular flexibility index (Phi) is 5.88. The van der Waals surface area contributed by atoms with Gasteiger partial charge in [0, 0.05) is 5.92 Å². The van der Waals surface area contributed by atoms with E-state index in [2.05, 4.69) is 10.6 Å². The molecular weight excluding hydrogens is 311 g/mol. The van der Waals surface area contributed by atoms with Crippen LogP contribution >= 0.6 is 23.2 Å². The number of benzene rings is 1. The van der Waals surface area contributed by atoms with Gasteiger partial charge in [0.2, 0.25) is 11.8 Å². The molecule has 0 bridgehead atoms. The van der Waals surface area contributed by atoms with E-state index in [-0.39, 0.29) is 24.3 Å². The number of rotatable bonds is 4. The fraction of sp³-hybridized carbons (Fsp3) is 0.467. The molecule has 0 radical (unpaired) electrons. The summed E-state index contributed by atoms with van der Waals surface area (Å²) in [6, 6.07) is 4.98. The lowest BCUT2D eigenvalue weighted by molar-refractivity contribution is -0.128. The molecule has 1 aromatic carbocycles. The van der Waals surface area contributed by atoms with Crippen LogP contribution in [-0.4, -0.2) is 18.4 Å². The van der Waals surface area contributed by atoms with Crippen molar-refractivity contribution in [3.8, 4) is 0 Å². The third-order valence-electron chi connectivity index (χ3n) is 3.63. The van der Waals surface area contributed by atoms with Gasteiger partial charge >= 0.3 is 0 Å². The quantitative estimate of drug-likeness (QED) is 0.886. The molecule has 0 aliphatic heterocycles. The van der Waals surface area contributed by atoms with Crippen LogP contribution < -0.4 is 10.6 Å². The lowest BCUT2D eigenvalue weighted by Gasteiger charge is -2.20. The molecule has 1 saturated carbocycles. The van der Waals surface area contributed by atoms with Crippen LogP contribution in [0.3, 0.4) is 0 Å². The highest BCUT2D eigenvalue weighted by Crippen LogP contribution is 2.29. The average Bonchev–Trinajstić information content (AvgIpc) is 2.49. The zero-order valence-electron chi connectivity index (χ0n) is 11.6. The monoisotopic (exact) mass is 328 g/mol. The van der Waals surface area contributed by atoms with E-state index in [4.69, 9.17) is 23.2 Å². The summed E-state index contributed by atoms with van der Waals surface area (Å²) in [5, 5.41) is 6.03. The van der Waals surface area contributed by atoms with E-state index >= 15 is 0 Å². The second-order valence-corrected chi connectivity index (χ2v) is 6.01. The van der Waals surface area contributed by atoms with Gasteiger partial charge in [-0.25, -0.2) is 0 Å². The van der Waals surface area contributed by atoms with E-state index in [1.165, 1.54) is 6.42 Å². The molecule has 1 aromatic rings. The lowest BCUT2D eigenvalue weighted by Crippen LogP contribution is -2.37. The van der Waals surface area contributed by atoms with Crippen molar-refractivity contribution >= 4 is 40.7 Å². The van der Waals surface area contributed by atoms with Crippen molar-refractivity contribution in [1.29, 1.82) is 0 Å². The fourth-order valence-electron chi connectivity index (χ4n) is 2.48. The van der Waals surface area contributed by atoms with Crippen LogP contribution in [0.25, 0.3) is 0 Å². The van der Waals surface area contributed by atoms with Gasteiger partial charge in [-0.05, 0) is 25.0 Å². The van der Waals surface area contributed by atoms with E-state index in [0.717, 1.165) is 25.7 Å². The third kappa shape index (κ3) is 4.61. The molecule has 0 atom stereocenters. The second-order valence-electron chi connectivity index (χ2n) is 5.20. The minimum Gasteiger partial charge on any atom is -0.347 e. The summed E-state index contributed by atoms with van der Waals surface area (Å²) >= 11 is 11.9. The molecule has 2 rings (SSSR count). The van der Waals surface area contributed by atoms with Crippen LogP contribution in [-0.2, 0) is 9.59 Å². The molecule has 21 heavy (non-hydrogen) atoms. The van der Waals surface area contributed by atoms with Gasteiger partial charge in [0.25, 0.3) is 0 Å². The Morgan fingerprint density at radius 3 is 2.33 bits per heavy atom. The van der Waals surface area contributed by atoms with Gasteiger partial charge in [-0.2, -0.15) is 0 Å². The van der Waals surface area contributed by atoms with Gasteiger partial charge in [-0.15, -0.1) is 0 Å². The number of halogens is 2. The first-order valence-electron chi connectivity index (χ1n) is 7.09. The Morgan fingerprint density at radius 1 is 1.10 bits per heavy atom. The number of para-hydroxylation sites is 1. The maximum atomic E-state index is 11.9. The summed E-state index contributed by atoms with van der Waals surface area (Å²) in [6.45, 7) is -0.0725. The highest BCUT2D eigenvalue weighted by molar-refractivity contribution is 6.39. The average molecular weight is 329 g/mol. The highest BCUT2D eigenvalue weighted by atomic mass is 35.5. The third-order valence-corrected chi connectivity index (χ3v) is 4.26. The molecule has 1 fully saturated rings. The van der Waals surface area contributed by atoms with Crippen LogP contribution in [0.4, 0.5) is 5.69 Å². The second kappa shape index (κ2) is 7.66. The van der Waals surface area contributed by atoms with E-state index in [9.17, 15) is 9.59 Å². The maximum absolute atomic E-state index is 11.9. The first kappa shape index (κ1) is 16.1. The molecule has 2 amide bonds. The van der Waals surface area contributed by atoms with Gasteiger partial charge in [0.15, 0.2) is 0 Å². The topological polar surface area (TPSA) is 58.2 Å². The Hall–Kier alpha value is -1.26. The van der Waals surface area contributed by atoms with Crippen molar-refractivity contribution in [1.82, 2.24) is 5.32 Å². The standard InChI is InChI=1S/C15H18Cl2N2O2/c16-11-7-4-8-12(17)14(11)19-13(20)9-18-15(21)10-5-2-1-3-6-10/h4,7-8,10H,1-3,5-6,9H2,(H,18,21)(H,19,20). The van der Waals surface area contributed by atoms with Crippen molar-refractivity contribution < 1.29 is 9.59 Å². The van der Waals surface area contributed by atoms with E-state index in [1.54, 1.807) is 18.2 Å². The summed E-state index contributed by atoms with van der Waals surface area (Å²) in [4.78, 5) is 23.8. The number of amides is 2. The highest BCUT2D eigenvalue weighted by Gasteiger charge is 2.21. The number of hydrogen-bond donors (Lipinski definition) is 2. The van der Waals surface area contributed by atoms with E-state index in [0.29, 0.717) is 15.7 Å². The fourth-order valence-corrected chi connectivity index (χ4v) is 2.97. The number of anilines is 1. The van der Waals surface area contributed by atoms with Gasteiger partial charge in [-0.3, -0.25) is 9.59 Å². The van der Waals surface area contributed by atoms with Gasteiger partial charge < -0.3 is 10.6 Å². The van der Waals surface area contributed by atoms with Crippen molar-refractivity contribution in [2.45, 2.75) is 32.1 Å². The van der Waals surface area contributed by atoms with Crippen molar-refractivity contribution in [2.24, 2.45) is 5.92 Å². The SMILES string of the molecule is O=C(CNC(=O)C1CCCCC1)Nc1c(Cl)cccc1Cl. The minimum absolute atomic E-state index is 0.0375. The molecule has 6 heteroatoms. The zero-order chi connectivity index (χ0) is 15.2. The lowest BCUT2D eigenvalue weighted by atomic mass is 9.89. The Bertz CT molecular complexity index is 508. The van der Waals surface area contributed by atoms with Crippen LogP contribution in [0.1, 0.15) is 32.1 Å². The zero-order valence-corrected chi connectivity index (χ0v) is 13.1. The van der Waals surface area contributed by atoms with Gasteiger partial charge in [-0.1, -0.05) is 48.5 Å². The number of hydrogen-bond acceptors (Lipinski definition) is 2. The van der Waals surface area contributed by atoms with Crippen LogP contribution in [0.5, 0.6) is 0 Å². The molecule has 4 nitrogen and oxygen atoms in total. The van der Waals surface area contributed by atoms with E-state index < -0.39 is 0 Å². The summed E-state index contributed by atoms with van der Waals surface area (Å²) in [5.74, 6) is -0.347. The first-order valence-corrected chi connectivity index (χ1v) is 7.85. The van der Waals surface area contributed by atoms with Crippen LogP contribution in [0.2, 0.25) is 10.0 Å². The van der Waals surface area contributed by atoms with E-state index in [1.807, 2.05) is 0 Å². The molecule has 2 N–H and O–H groups in total. The number of carbonyl (C=O) groups excluding carboxylic acids is 2. The molecular formula is C15H18Cl2N2O2. The maximum Gasteiger partial charge on any atom is 0.243 e. The Morgan fingerprint density at radius 2 is 1.71 bits per heavy atom. The molecule has 0 heterocycles. The smallest absolute Gasteiger partial charge is 0.243 e. The summed E-state index contributed by atoms with van der Waals surface area (Å²) in [6.07, 6.45) is 5.17. The van der Waals surface area contributed by atoms with Crippen molar-refractivity contribution in [3.63, 3.8) is 0 Å². The Labute approximate surface area is 134 Å². The number of nitrogens with one attached hydrogen (secondary N) is 2. The van der Waals surface area contributed by atoms with Gasteiger partial charge in [0.05, 0.1) is 22.3 Å². The summed E-state index contributed by atoms with van der Waals surface area (Å²) in [7, 11) is 0. The number of carbonyl (C=O) groups is 2. The molecule has 1 aliphatic rings. The molecule has 0 aromatic heterocycles. The van der Waals surface area contributed by atoms with Crippen molar-refractivity contribution in [2.75, 3.05) is 11.9 Å². The summed E-state index contributed by atoms with van der Waals surface area (Å²) < 4.78 is 0. The molecule has 0 saturated heterocycles. The van der Waals surface area contributed by atoms with Gasteiger partial charge in [0.1, 0.15) is 0 Å². The molecule has 1 aliphatic carbocycles. The minimum atomic E-state index is -0.339. The predicted molar refractivity (Wildman–Crippen MR) is 84.7 cm³/mol. The Balaban J connectivity index is 1.83. The van der Waals surface area contributed by atoms with Crippen LogP contribution in [0, 0.1) is 5.92 Å². The predicted octanol–water partition coefficient (Wildman–Crippen LogP) is 3.63. The normalized spacial score (nSPS) is 15.5.